The summed E-state index contributed by atoms with van der Waals surface area (Å²) in [6.07, 6.45) is 6.94. The van der Waals surface area contributed by atoms with Crippen LogP contribution in [0.2, 0.25) is 0 Å². The third-order valence-corrected chi connectivity index (χ3v) is 4.50. The summed E-state index contributed by atoms with van der Waals surface area (Å²) in [5.74, 6) is 0.116. The summed E-state index contributed by atoms with van der Waals surface area (Å²) in [5, 5.41) is 18.6. The third-order valence-electron chi connectivity index (χ3n) is 4.50. The van der Waals surface area contributed by atoms with Crippen molar-refractivity contribution in [1.82, 2.24) is 10.2 Å². The molecule has 1 aliphatic rings. The fraction of sp³-hybridized carbons (Fsp3) is 0.100. The summed E-state index contributed by atoms with van der Waals surface area (Å²) in [7, 11) is 0. The normalized spacial score (nSPS) is 19.0. The van der Waals surface area contributed by atoms with E-state index >= 15 is 0 Å². The van der Waals surface area contributed by atoms with Gasteiger partial charge in [-0.25, -0.2) is 0 Å². The van der Waals surface area contributed by atoms with Crippen LogP contribution in [0.4, 0.5) is 0 Å². The highest BCUT2D eigenvalue weighted by atomic mass is 16.4. The van der Waals surface area contributed by atoms with Gasteiger partial charge in [-0.15, -0.1) is 10.2 Å². The van der Waals surface area contributed by atoms with Crippen LogP contribution in [0.3, 0.4) is 0 Å². The largest absolute Gasteiger partial charge is 0.511 e. The van der Waals surface area contributed by atoms with E-state index in [4.69, 9.17) is 4.42 Å². The highest BCUT2D eigenvalue weighted by Gasteiger charge is 2.47. The van der Waals surface area contributed by atoms with Crippen LogP contribution in [-0.2, 0) is 5.41 Å². The van der Waals surface area contributed by atoms with Gasteiger partial charge >= 0.3 is 0 Å². The van der Waals surface area contributed by atoms with Crippen molar-refractivity contribution in [2.75, 3.05) is 0 Å². The Hall–Kier alpha value is -3.14. The van der Waals surface area contributed by atoms with Gasteiger partial charge in [0.2, 0.25) is 12.3 Å². The Bertz CT molecular complexity index is 829. The minimum absolute atomic E-state index is 0.203. The van der Waals surface area contributed by atoms with Crippen molar-refractivity contribution in [3.8, 4) is 0 Å². The zero-order valence-corrected chi connectivity index (χ0v) is 12.9. The van der Waals surface area contributed by atoms with Gasteiger partial charge in [0, 0.05) is 0 Å². The summed E-state index contributed by atoms with van der Waals surface area (Å²) >= 11 is 0. The van der Waals surface area contributed by atoms with E-state index in [9.17, 15) is 5.11 Å². The quantitative estimate of drug-likeness (QED) is 0.788. The summed E-state index contributed by atoms with van der Waals surface area (Å²) in [6.45, 7) is 0. The lowest BCUT2D eigenvalue weighted by Crippen LogP contribution is -2.36. The fourth-order valence-corrected chi connectivity index (χ4v) is 3.47. The molecule has 4 rings (SSSR count). The molecule has 1 unspecified atom stereocenters. The van der Waals surface area contributed by atoms with Gasteiger partial charge in [0.25, 0.3) is 0 Å². The van der Waals surface area contributed by atoms with Crippen molar-refractivity contribution >= 4 is 0 Å². The lowest BCUT2D eigenvalue weighted by molar-refractivity contribution is 0.294. The number of aromatic nitrogens is 2. The molecule has 0 spiro atoms. The number of benzene rings is 2. The maximum atomic E-state index is 10.7. The summed E-state index contributed by atoms with van der Waals surface area (Å²) in [4.78, 5) is 0. The highest BCUT2D eigenvalue weighted by Crippen LogP contribution is 2.49. The Morgan fingerprint density at radius 3 is 2.08 bits per heavy atom. The van der Waals surface area contributed by atoms with Crippen LogP contribution < -0.4 is 0 Å². The second kappa shape index (κ2) is 5.81. The molecule has 0 saturated heterocycles. The second-order valence-corrected chi connectivity index (χ2v) is 5.76. The van der Waals surface area contributed by atoms with Crippen LogP contribution in [0.25, 0.3) is 0 Å². The lowest BCUT2D eigenvalue weighted by atomic mass is 9.63. The molecule has 0 fully saturated rings. The molecule has 1 heterocycles. The molecule has 0 aliphatic heterocycles. The van der Waals surface area contributed by atoms with Crippen molar-refractivity contribution in [2.45, 2.75) is 11.3 Å². The van der Waals surface area contributed by atoms with Crippen LogP contribution in [-0.4, -0.2) is 15.3 Å². The first-order valence-corrected chi connectivity index (χ1v) is 7.78. The molecule has 1 atom stereocenters. The molecular weight excluding hydrogens is 300 g/mol. The molecule has 1 N–H and O–H groups in total. The number of aliphatic hydroxyl groups excluding tert-OH is 1. The van der Waals surface area contributed by atoms with Gasteiger partial charge < -0.3 is 9.52 Å². The zero-order chi connectivity index (χ0) is 16.4. The monoisotopic (exact) mass is 316 g/mol. The average Bonchev–Trinajstić information content (AvgIpc) is 3.17. The second-order valence-electron chi connectivity index (χ2n) is 5.76. The first-order valence-electron chi connectivity index (χ1n) is 7.78. The number of hydrogen-bond acceptors (Lipinski definition) is 4. The summed E-state index contributed by atoms with van der Waals surface area (Å²) in [5.41, 5.74) is 1.49. The SMILES string of the molecule is OC1=CC=CC(c2ccccc2)(c2ccccc2)C1c1nnco1. The molecule has 1 aliphatic carbocycles. The van der Waals surface area contributed by atoms with Crippen molar-refractivity contribution in [3.63, 3.8) is 0 Å². The Balaban J connectivity index is 2.02. The molecule has 0 bridgehead atoms. The van der Waals surface area contributed by atoms with E-state index in [0.717, 1.165) is 11.1 Å². The number of nitrogens with zero attached hydrogens (tertiary/aromatic N) is 2. The van der Waals surface area contributed by atoms with Crippen molar-refractivity contribution in [1.29, 1.82) is 0 Å². The van der Waals surface area contributed by atoms with Gasteiger partial charge in [0.15, 0.2) is 0 Å². The van der Waals surface area contributed by atoms with Gasteiger partial charge in [-0.2, -0.15) is 0 Å². The minimum atomic E-state index is -0.617. The topological polar surface area (TPSA) is 59.2 Å². The zero-order valence-electron chi connectivity index (χ0n) is 12.9. The van der Waals surface area contributed by atoms with Gasteiger partial charge in [0.1, 0.15) is 11.7 Å². The first-order chi connectivity index (χ1) is 11.8. The van der Waals surface area contributed by atoms with Gasteiger partial charge in [-0.3, -0.25) is 0 Å². The van der Waals surface area contributed by atoms with E-state index in [1.165, 1.54) is 6.39 Å². The Labute approximate surface area is 139 Å². The molecule has 0 amide bonds. The van der Waals surface area contributed by atoms with Crippen LogP contribution in [0.1, 0.15) is 22.9 Å². The Kier molecular flexibility index (Phi) is 3.50. The number of aliphatic hydroxyl groups is 1. The van der Waals surface area contributed by atoms with E-state index in [2.05, 4.69) is 40.5 Å². The Morgan fingerprint density at radius 1 is 0.917 bits per heavy atom. The van der Waals surface area contributed by atoms with Crippen molar-refractivity contribution in [2.24, 2.45) is 0 Å². The van der Waals surface area contributed by atoms with E-state index in [1.54, 1.807) is 6.08 Å². The highest BCUT2D eigenvalue weighted by molar-refractivity contribution is 5.53. The lowest BCUT2D eigenvalue weighted by Gasteiger charge is -2.39. The smallest absolute Gasteiger partial charge is 0.228 e. The fourth-order valence-electron chi connectivity index (χ4n) is 3.47. The molecule has 0 saturated carbocycles. The Morgan fingerprint density at radius 2 is 1.54 bits per heavy atom. The van der Waals surface area contributed by atoms with Crippen LogP contribution in [0.15, 0.2) is 95.5 Å². The van der Waals surface area contributed by atoms with Crippen LogP contribution in [0, 0.1) is 0 Å². The summed E-state index contributed by atoms with van der Waals surface area (Å²) < 4.78 is 5.48. The first kappa shape index (κ1) is 14.5. The maximum Gasteiger partial charge on any atom is 0.228 e. The standard InChI is InChI=1S/C20H16N2O2/c23-17-12-7-13-20(15-8-3-1-4-9-15,16-10-5-2-6-11-16)18(17)19-22-21-14-24-19/h1-14,18,23H. The molecule has 2 aromatic carbocycles. The van der Waals surface area contributed by atoms with Gasteiger partial charge in [-0.1, -0.05) is 72.8 Å². The molecule has 3 aromatic rings. The molecule has 0 radical (unpaired) electrons. The van der Waals surface area contributed by atoms with Gasteiger partial charge in [0.05, 0.1) is 5.41 Å². The molecule has 118 valence electrons. The molecule has 1 aromatic heterocycles. The van der Waals surface area contributed by atoms with Crippen LogP contribution >= 0.6 is 0 Å². The van der Waals surface area contributed by atoms with Crippen LogP contribution in [0.5, 0.6) is 0 Å². The van der Waals surface area contributed by atoms with Crippen molar-refractivity contribution < 1.29 is 9.52 Å². The molecule has 4 heteroatoms. The number of hydrogen-bond donors (Lipinski definition) is 1. The number of rotatable bonds is 3. The summed E-state index contributed by atoms with van der Waals surface area (Å²) in [6, 6.07) is 20.2. The maximum absolute atomic E-state index is 10.7. The molecule has 24 heavy (non-hydrogen) atoms. The molecular formula is C20H16N2O2. The van der Waals surface area contributed by atoms with E-state index in [-0.39, 0.29) is 5.76 Å². The molecule has 4 nitrogen and oxygen atoms in total. The van der Waals surface area contributed by atoms with E-state index < -0.39 is 11.3 Å². The van der Waals surface area contributed by atoms with Crippen molar-refractivity contribution in [3.05, 3.63) is 108 Å². The predicted molar refractivity (Wildman–Crippen MR) is 90.6 cm³/mol. The van der Waals surface area contributed by atoms with E-state index in [0.29, 0.717) is 5.89 Å². The predicted octanol–water partition coefficient (Wildman–Crippen LogP) is 4.15. The number of allylic oxidation sites excluding steroid dienone is 4. The average molecular weight is 316 g/mol. The van der Waals surface area contributed by atoms with E-state index in [1.807, 2.05) is 42.5 Å². The van der Waals surface area contributed by atoms with Gasteiger partial charge in [-0.05, 0) is 17.2 Å². The minimum Gasteiger partial charge on any atom is -0.511 e. The third kappa shape index (κ3) is 2.15.